The molecule has 25 heavy (non-hydrogen) atoms. The molecular weight excluding hydrogens is 358 g/mol. The van der Waals surface area contributed by atoms with E-state index in [0.717, 1.165) is 36.4 Å². The standard InChI is InChI=1S/C18H23N3O2S.ClH/c19-18-8-4-7-17(13-18)14-20-9-11-21(12-10-20)24(22,23)15-16-5-2-1-3-6-16;/h1-8,13H,9-12,14-15,19H2;1H. The number of hydrogen-bond donors (Lipinski definition) is 1. The molecule has 5 nitrogen and oxygen atoms in total. The molecule has 0 radical (unpaired) electrons. The molecule has 1 aliphatic heterocycles. The van der Waals surface area contributed by atoms with Gasteiger partial charge in [-0.2, -0.15) is 4.31 Å². The molecule has 0 bridgehead atoms. The zero-order chi connectivity index (χ0) is 17.0. The highest BCUT2D eigenvalue weighted by Gasteiger charge is 2.26. The molecule has 2 aromatic rings. The maximum Gasteiger partial charge on any atom is 0.218 e. The first kappa shape index (κ1) is 19.7. The lowest BCUT2D eigenvalue weighted by Gasteiger charge is -2.34. The first-order valence-electron chi connectivity index (χ1n) is 8.11. The Hall–Kier alpha value is -1.60. The molecule has 7 heteroatoms. The number of rotatable bonds is 5. The third-order valence-electron chi connectivity index (χ3n) is 4.27. The molecule has 1 aliphatic rings. The number of nitrogens with two attached hydrogens (primary N) is 1. The van der Waals surface area contributed by atoms with E-state index in [1.807, 2.05) is 48.5 Å². The van der Waals surface area contributed by atoms with E-state index >= 15 is 0 Å². The van der Waals surface area contributed by atoms with Gasteiger partial charge in [-0.1, -0.05) is 42.5 Å². The van der Waals surface area contributed by atoms with Crippen LogP contribution in [0.4, 0.5) is 5.69 Å². The minimum atomic E-state index is -3.25. The molecule has 3 rings (SSSR count). The van der Waals surface area contributed by atoms with Crippen molar-refractivity contribution in [2.24, 2.45) is 0 Å². The second-order valence-electron chi connectivity index (χ2n) is 6.16. The van der Waals surface area contributed by atoms with Gasteiger partial charge in [0.25, 0.3) is 0 Å². The van der Waals surface area contributed by atoms with Crippen LogP contribution in [0, 0.1) is 0 Å². The van der Waals surface area contributed by atoms with E-state index in [-0.39, 0.29) is 18.2 Å². The number of nitrogens with zero attached hydrogens (tertiary/aromatic N) is 2. The van der Waals surface area contributed by atoms with Crippen LogP contribution in [0.3, 0.4) is 0 Å². The molecule has 0 aliphatic carbocycles. The quantitative estimate of drug-likeness (QED) is 0.807. The summed E-state index contributed by atoms with van der Waals surface area (Å²) in [7, 11) is -3.25. The van der Waals surface area contributed by atoms with Crippen molar-refractivity contribution in [2.75, 3.05) is 31.9 Å². The Labute approximate surface area is 155 Å². The summed E-state index contributed by atoms with van der Waals surface area (Å²) in [5.74, 6) is 0.0725. The van der Waals surface area contributed by atoms with Gasteiger partial charge in [0.2, 0.25) is 10.0 Å². The average molecular weight is 382 g/mol. The highest BCUT2D eigenvalue weighted by Crippen LogP contribution is 2.16. The minimum Gasteiger partial charge on any atom is -0.399 e. The molecule has 1 heterocycles. The van der Waals surface area contributed by atoms with Gasteiger partial charge in [-0.25, -0.2) is 8.42 Å². The normalized spacial score (nSPS) is 16.3. The molecule has 0 aromatic heterocycles. The van der Waals surface area contributed by atoms with Gasteiger partial charge in [0.1, 0.15) is 0 Å². The largest absolute Gasteiger partial charge is 0.399 e. The minimum absolute atomic E-state index is 0. The molecule has 1 fully saturated rings. The van der Waals surface area contributed by atoms with E-state index in [1.165, 1.54) is 0 Å². The third kappa shape index (κ3) is 5.44. The fraction of sp³-hybridized carbons (Fsp3) is 0.333. The molecular formula is C18H24ClN3O2S. The lowest BCUT2D eigenvalue weighted by Crippen LogP contribution is -2.48. The van der Waals surface area contributed by atoms with E-state index < -0.39 is 10.0 Å². The SMILES string of the molecule is Cl.Nc1cccc(CN2CCN(S(=O)(=O)Cc3ccccc3)CC2)c1. The van der Waals surface area contributed by atoms with Gasteiger partial charge in [0, 0.05) is 38.4 Å². The van der Waals surface area contributed by atoms with E-state index in [1.54, 1.807) is 4.31 Å². The number of halogens is 1. The monoisotopic (exact) mass is 381 g/mol. The molecule has 0 saturated carbocycles. The summed E-state index contributed by atoms with van der Waals surface area (Å²) < 4.78 is 26.7. The van der Waals surface area contributed by atoms with Crippen LogP contribution in [0.25, 0.3) is 0 Å². The first-order valence-corrected chi connectivity index (χ1v) is 9.72. The van der Waals surface area contributed by atoms with Crippen LogP contribution in [-0.4, -0.2) is 43.8 Å². The Morgan fingerprint density at radius 2 is 1.52 bits per heavy atom. The molecule has 1 saturated heterocycles. The van der Waals surface area contributed by atoms with Crippen LogP contribution in [0.1, 0.15) is 11.1 Å². The van der Waals surface area contributed by atoms with E-state index in [0.29, 0.717) is 13.1 Å². The highest BCUT2D eigenvalue weighted by atomic mass is 35.5. The predicted molar refractivity (Wildman–Crippen MR) is 104 cm³/mol. The number of sulfonamides is 1. The van der Waals surface area contributed by atoms with Crippen LogP contribution in [-0.2, 0) is 22.3 Å². The Bertz CT molecular complexity index is 776. The molecule has 136 valence electrons. The lowest BCUT2D eigenvalue weighted by molar-refractivity contribution is 0.181. The van der Waals surface area contributed by atoms with Crippen LogP contribution in [0.2, 0.25) is 0 Å². The van der Waals surface area contributed by atoms with Gasteiger partial charge in [0.15, 0.2) is 0 Å². The van der Waals surface area contributed by atoms with Crippen molar-refractivity contribution in [3.63, 3.8) is 0 Å². The molecule has 0 amide bonds. The van der Waals surface area contributed by atoms with Crippen LogP contribution < -0.4 is 5.73 Å². The van der Waals surface area contributed by atoms with Crippen molar-refractivity contribution in [3.05, 3.63) is 65.7 Å². The van der Waals surface area contributed by atoms with Gasteiger partial charge in [0.05, 0.1) is 5.75 Å². The number of benzene rings is 2. The van der Waals surface area contributed by atoms with Crippen molar-refractivity contribution < 1.29 is 8.42 Å². The fourth-order valence-corrected chi connectivity index (χ4v) is 4.51. The maximum atomic E-state index is 12.6. The molecule has 0 atom stereocenters. The number of piperazine rings is 1. The van der Waals surface area contributed by atoms with E-state index in [2.05, 4.69) is 11.0 Å². The second kappa shape index (κ2) is 8.67. The zero-order valence-electron chi connectivity index (χ0n) is 14.0. The summed E-state index contributed by atoms with van der Waals surface area (Å²) in [5.41, 5.74) is 8.57. The molecule has 2 aromatic carbocycles. The molecule has 0 unspecified atom stereocenters. The summed E-state index contributed by atoms with van der Waals surface area (Å²) in [5, 5.41) is 0. The highest BCUT2D eigenvalue weighted by molar-refractivity contribution is 7.88. The van der Waals surface area contributed by atoms with Crippen molar-refractivity contribution in [1.29, 1.82) is 0 Å². The van der Waals surface area contributed by atoms with Crippen molar-refractivity contribution in [3.8, 4) is 0 Å². The summed E-state index contributed by atoms with van der Waals surface area (Å²) in [6, 6.07) is 17.2. The first-order chi connectivity index (χ1) is 11.5. The summed E-state index contributed by atoms with van der Waals surface area (Å²) in [6.45, 7) is 3.36. The van der Waals surface area contributed by atoms with Crippen LogP contribution in [0.5, 0.6) is 0 Å². The fourth-order valence-electron chi connectivity index (χ4n) is 2.99. The smallest absolute Gasteiger partial charge is 0.218 e. The van der Waals surface area contributed by atoms with Gasteiger partial charge in [-0.05, 0) is 23.3 Å². The summed E-state index contributed by atoms with van der Waals surface area (Å²) >= 11 is 0. The molecule has 2 N–H and O–H groups in total. The van der Waals surface area contributed by atoms with Crippen LogP contribution >= 0.6 is 12.4 Å². The van der Waals surface area contributed by atoms with E-state index in [9.17, 15) is 8.42 Å². The third-order valence-corrected chi connectivity index (χ3v) is 6.12. The van der Waals surface area contributed by atoms with Gasteiger partial charge in [-0.3, -0.25) is 4.90 Å². The zero-order valence-corrected chi connectivity index (χ0v) is 15.7. The number of hydrogen-bond acceptors (Lipinski definition) is 4. The summed E-state index contributed by atoms with van der Waals surface area (Å²) in [4.78, 5) is 2.27. The number of anilines is 1. The van der Waals surface area contributed by atoms with Crippen molar-refractivity contribution in [1.82, 2.24) is 9.21 Å². The lowest BCUT2D eigenvalue weighted by atomic mass is 10.2. The second-order valence-corrected chi connectivity index (χ2v) is 8.13. The Balaban J connectivity index is 0.00000225. The Morgan fingerprint density at radius 3 is 2.16 bits per heavy atom. The van der Waals surface area contributed by atoms with Gasteiger partial charge < -0.3 is 5.73 Å². The average Bonchev–Trinajstić information content (AvgIpc) is 2.56. The van der Waals surface area contributed by atoms with Gasteiger partial charge in [-0.15, -0.1) is 12.4 Å². The maximum absolute atomic E-state index is 12.6. The Morgan fingerprint density at radius 1 is 0.880 bits per heavy atom. The predicted octanol–water partition coefficient (Wildman–Crippen LogP) is 2.34. The Kier molecular flexibility index (Phi) is 6.84. The topological polar surface area (TPSA) is 66.6 Å². The van der Waals surface area contributed by atoms with E-state index in [4.69, 9.17) is 5.73 Å². The van der Waals surface area contributed by atoms with Crippen molar-refractivity contribution >= 4 is 28.1 Å². The number of nitrogen functional groups attached to an aromatic ring is 1. The summed E-state index contributed by atoms with van der Waals surface area (Å²) in [6.07, 6.45) is 0. The molecule has 0 spiro atoms. The van der Waals surface area contributed by atoms with Crippen molar-refractivity contribution in [2.45, 2.75) is 12.3 Å². The van der Waals surface area contributed by atoms with Crippen LogP contribution in [0.15, 0.2) is 54.6 Å². The van der Waals surface area contributed by atoms with Gasteiger partial charge >= 0.3 is 0 Å².